The standard InChI is InChI=1S/C20H22N6O/c1-13-21-11-16(12-22-13)17-4-3-15-10-23-19(9-18(15)24-17)25-20(27)14-5-7-26(2)8-6-14/h3-4,9-12,14H,5-8H2,1-2H3,(H,23,25,27). The van der Waals surface area contributed by atoms with Crippen LogP contribution in [0.15, 0.2) is 36.8 Å². The molecule has 1 fully saturated rings. The van der Waals surface area contributed by atoms with Gasteiger partial charge < -0.3 is 10.2 Å². The van der Waals surface area contributed by atoms with Crippen LogP contribution in [0, 0.1) is 12.8 Å². The lowest BCUT2D eigenvalue weighted by Gasteiger charge is -2.27. The molecule has 3 aromatic rings. The van der Waals surface area contributed by atoms with E-state index in [0.29, 0.717) is 5.82 Å². The molecular weight excluding hydrogens is 340 g/mol. The predicted molar refractivity (Wildman–Crippen MR) is 104 cm³/mol. The molecule has 27 heavy (non-hydrogen) atoms. The molecule has 4 rings (SSSR count). The van der Waals surface area contributed by atoms with Crippen molar-refractivity contribution in [2.45, 2.75) is 19.8 Å². The molecule has 0 radical (unpaired) electrons. The van der Waals surface area contributed by atoms with Crippen LogP contribution in [0.2, 0.25) is 0 Å². The topological polar surface area (TPSA) is 83.9 Å². The Morgan fingerprint density at radius 1 is 1.11 bits per heavy atom. The summed E-state index contributed by atoms with van der Waals surface area (Å²) < 4.78 is 0. The van der Waals surface area contributed by atoms with Crippen LogP contribution in [0.5, 0.6) is 0 Å². The zero-order chi connectivity index (χ0) is 18.8. The average Bonchev–Trinajstić information content (AvgIpc) is 2.68. The molecule has 138 valence electrons. The number of aromatic nitrogens is 4. The lowest BCUT2D eigenvalue weighted by atomic mass is 9.96. The molecule has 1 aliphatic heterocycles. The number of pyridine rings is 2. The summed E-state index contributed by atoms with van der Waals surface area (Å²) in [6, 6.07) is 5.71. The summed E-state index contributed by atoms with van der Waals surface area (Å²) in [7, 11) is 2.08. The van der Waals surface area contributed by atoms with Gasteiger partial charge in [0.1, 0.15) is 11.6 Å². The van der Waals surface area contributed by atoms with Gasteiger partial charge in [-0.15, -0.1) is 0 Å². The van der Waals surface area contributed by atoms with E-state index in [2.05, 4.69) is 37.2 Å². The number of fused-ring (bicyclic) bond motifs is 1. The molecule has 0 aliphatic carbocycles. The van der Waals surface area contributed by atoms with Crippen LogP contribution < -0.4 is 5.32 Å². The van der Waals surface area contributed by atoms with Crippen LogP contribution in [0.25, 0.3) is 22.2 Å². The number of amides is 1. The van der Waals surface area contributed by atoms with Crippen LogP contribution in [-0.4, -0.2) is 50.9 Å². The molecule has 3 aromatic heterocycles. The number of carbonyl (C=O) groups excluding carboxylic acids is 1. The molecule has 0 unspecified atom stereocenters. The Labute approximate surface area is 157 Å². The Bertz CT molecular complexity index is 964. The molecule has 0 saturated carbocycles. The lowest BCUT2D eigenvalue weighted by molar-refractivity contribution is -0.121. The van der Waals surface area contributed by atoms with Crippen molar-refractivity contribution < 1.29 is 4.79 Å². The monoisotopic (exact) mass is 362 g/mol. The molecule has 1 N–H and O–H groups in total. The minimum Gasteiger partial charge on any atom is -0.310 e. The van der Waals surface area contributed by atoms with Crippen molar-refractivity contribution >= 4 is 22.6 Å². The maximum atomic E-state index is 12.5. The number of likely N-dealkylation sites (tertiary alicyclic amines) is 1. The van der Waals surface area contributed by atoms with Gasteiger partial charge in [0.2, 0.25) is 5.91 Å². The van der Waals surface area contributed by atoms with E-state index in [-0.39, 0.29) is 11.8 Å². The Morgan fingerprint density at radius 3 is 2.59 bits per heavy atom. The summed E-state index contributed by atoms with van der Waals surface area (Å²) in [5, 5.41) is 3.87. The van der Waals surface area contributed by atoms with Gasteiger partial charge in [-0.2, -0.15) is 0 Å². The number of hydrogen-bond donors (Lipinski definition) is 1. The van der Waals surface area contributed by atoms with Crippen molar-refractivity contribution in [1.29, 1.82) is 0 Å². The molecule has 4 heterocycles. The second-order valence-corrected chi connectivity index (χ2v) is 7.04. The van der Waals surface area contributed by atoms with Gasteiger partial charge in [0.25, 0.3) is 0 Å². The number of hydrogen-bond acceptors (Lipinski definition) is 6. The highest BCUT2D eigenvalue weighted by Gasteiger charge is 2.23. The highest BCUT2D eigenvalue weighted by Crippen LogP contribution is 2.22. The maximum Gasteiger partial charge on any atom is 0.228 e. The van der Waals surface area contributed by atoms with Gasteiger partial charge in [0.05, 0.1) is 11.2 Å². The Morgan fingerprint density at radius 2 is 1.85 bits per heavy atom. The summed E-state index contributed by atoms with van der Waals surface area (Å²) >= 11 is 0. The molecule has 0 aromatic carbocycles. The molecule has 1 saturated heterocycles. The second-order valence-electron chi connectivity index (χ2n) is 7.04. The SMILES string of the molecule is Cc1ncc(-c2ccc3cnc(NC(=O)C4CCN(C)CC4)cc3n2)cn1. The van der Waals surface area contributed by atoms with Gasteiger partial charge in [-0.05, 0) is 52.0 Å². The van der Waals surface area contributed by atoms with Gasteiger partial charge in [0, 0.05) is 41.5 Å². The van der Waals surface area contributed by atoms with Gasteiger partial charge in [-0.1, -0.05) is 0 Å². The number of rotatable bonds is 3. The highest BCUT2D eigenvalue weighted by molar-refractivity contribution is 5.93. The Hall–Kier alpha value is -2.93. The molecule has 1 amide bonds. The third-order valence-corrected chi connectivity index (χ3v) is 4.99. The normalized spacial score (nSPS) is 15.8. The first kappa shape index (κ1) is 17.5. The summed E-state index contributed by atoms with van der Waals surface area (Å²) in [6.07, 6.45) is 7.03. The van der Waals surface area contributed by atoms with E-state index in [1.54, 1.807) is 18.6 Å². The predicted octanol–water partition coefficient (Wildman–Crippen LogP) is 2.68. The van der Waals surface area contributed by atoms with Crippen molar-refractivity contribution in [3.63, 3.8) is 0 Å². The van der Waals surface area contributed by atoms with E-state index in [4.69, 9.17) is 0 Å². The quantitative estimate of drug-likeness (QED) is 0.771. The van der Waals surface area contributed by atoms with Crippen LogP contribution >= 0.6 is 0 Å². The summed E-state index contributed by atoms with van der Waals surface area (Å²) in [5.74, 6) is 1.35. The fourth-order valence-electron chi connectivity index (χ4n) is 3.27. The third kappa shape index (κ3) is 3.93. The first-order valence-corrected chi connectivity index (χ1v) is 9.14. The first-order chi connectivity index (χ1) is 13.1. The molecular formula is C20H22N6O. The first-order valence-electron chi connectivity index (χ1n) is 9.14. The molecule has 0 bridgehead atoms. The maximum absolute atomic E-state index is 12.5. The van der Waals surface area contributed by atoms with Crippen molar-refractivity contribution in [3.05, 3.63) is 42.6 Å². The largest absolute Gasteiger partial charge is 0.310 e. The van der Waals surface area contributed by atoms with Crippen molar-refractivity contribution in [3.8, 4) is 11.3 Å². The van der Waals surface area contributed by atoms with E-state index < -0.39 is 0 Å². The van der Waals surface area contributed by atoms with E-state index in [1.807, 2.05) is 25.1 Å². The summed E-state index contributed by atoms with van der Waals surface area (Å²) in [4.78, 5) is 32.3. The number of carbonyl (C=O) groups is 1. The highest BCUT2D eigenvalue weighted by atomic mass is 16.1. The van der Waals surface area contributed by atoms with E-state index in [0.717, 1.165) is 53.9 Å². The van der Waals surface area contributed by atoms with Gasteiger partial charge in [-0.25, -0.2) is 19.9 Å². The number of nitrogens with one attached hydrogen (secondary N) is 1. The van der Waals surface area contributed by atoms with E-state index in [1.165, 1.54) is 0 Å². The van der Waals surface area contributed by atoms with E-state index >= 15 is 0 Å². The zero-order valence-electron chi connectivity index (χ0n) is 15.5. The van der Waals surface area contributed by atoms with Crippen molar-refractivity contribution in [2.24, 2.45) is 5.92 Å². The van der Waals surface area contributed by atoms with Crippen LogP contribution in [0.1, 0.15) is 18.7 Å². The summed E-state index contributed by atoms with van der Waals surface area (Å²) in [6.45, 7) is 3.75. The minimum atomic E-state index is 0.0399. The molecule has 0 atom stereocenters. The van der Waals surface area contributed by atoms with E-state index in [9.17, 15) is 4.79 Å². The molecule has 7 heteroatoms. The second kappa shape index (κ2) is 7.36. The minimum absolute atomic E-state index is 0.0399. The smallest absolute Gasteiger partial charge is 0.228 e. The van der Waals surface area contributed by atoms with Crippen LogP contribution in [0.4, 0.5) is 5.82 Å². The molecule has 0 spiro atoms. The van der Waals surface area contributed by atoms with Crippen LogP contribution in [-0.2, 0) is 4.79 Å². The van der Waals surface area contributed by atoms with Crippen molar-refractivity contribution in [2.75, 3.05) is 25.5 Å². The molecule has 7 nitrogen and oxygen atoms in total. The number of aryl methyl sites for hydroxylation is 1. The number of piperidine rings is 1. The van der Waals surface area contributed by atoms with Crippen LogP contribution in [0.3, 0.4) is 0 Å². The van der Waals surface area contributed by atoms with Crippen molar-refractivity contribution in [1.82, 2.24) is 24.8 Å². The third-order valence-electron chi connectivity index (χ3n) is 4.99. The lowest BCUT2D eigenvalue weighted by Crippen LogP contribution is -2.36. The number of anilines is 1. The average molecular weight is 362 g/mol. The fraction of sp³-hybridized carbons (Fsp3) is 0.350. The molecule has 1 aliphatic rings. The zero-order valence-corrected chi connectivity index (χ0v) is 15.5. The van der Waals surface area contributed by atoms with Gasteiger partial charge in [0.15, 0.2) is 0 Å². The Kier molecular flexibility index (Phi) is 4.77. The Balaban J connectivity index is 1.55. The summed E-state index contributed by atoms with van der Waals surface area (Å²) in [5.41, 5.74) is 2.43. The fourth-order valence-corrected chi connectivity index (χ4v) is 3.27. The van der Waals surface area contributed by atoms with Gasteiger partial charge in [-0.3, -0.25) is 4.79 Å². The van der Waals surface area contributed by atoms with Gasteiger partial charge >= 0.3 is 0 Å². The number of nitrogens with zero attached hydrogens (tertiary/aromatic N) is 5.